The number of benzene rings is 3. The molecule has 0 bridgehead atoms. The number of ether oxygens (including phenoxy) is 1. The lowest BCUT2D eigenvalue weighted by Gasteiger charge is -2.25. The molecule has 0 aliphatic carbocycles. The lowest BCUT2D eigenvalue weighted by Crippen LogP contribution is -2.40. The number of fused-ring (bicyclic) bond motifs is 1. The van der Waals surface area contributed by atoms with Gasteiger partial charge in [-0.15, -0.1) is 0 Å². The van der Waals surface area contributed by atoms with E-state index in [9.17, 15) is 14.0 Å². The van der Waals surface area contributed by atoms with Crippen LogP contribution in [0, 0.1) is 13.0 Å². The maximum absolute atomic E-state index is 13.9. The van der Waals surface area contributed by atoms with Gasteiger partial charge in [0.2, 0.25) is 0 Å². The van der Waals surface area contributed by atoms with Crippen LogP contribution in [0.15, 0.2) is 100 Å². The summed E-state index contributed by atoms with van der Waals surface area (Å²) >= 11 is 5.67. The minimum atomic E-state index is -0.780. The van der Waals surface area contributed by atoms with E-state index in [1.54, 1.807) is 37.3 Å². The third kappa shape index (κ3) is 5.84. The van der Waals surface area contributed by atoms with Crippen molar-refractivity contribution in [2.24, 2.45) is 4.99 Å². The fraction of sp³-hybridized carbons (Fsp3) is 0.100. The summed E-state index contributed by atoms with van der Waals surface area (Å²) in [6, 6.07) is 18.0. The van der Waals surface area contributed by atoms with Crippen LogP contribution in [0.2, 0.25) is 0 Å². The van der Waals surface area contributed by atoms with Gasteiger partial charge in [0.05, 0.1) is 29.0 Å². The van der Waals surface area contributed by atoms with Crippen molar-refractivity contribution in [2.45, 2.75) is 13.0 Å². The van der Waals surface area contributed by atoms with E-state index in [2.05, 4.69) is 62.1 Å². The quantitative estimate of drug-likeness (QED) is 0.191. The van der Waals surface area contributed by atoms with Crippen molar-refractivity contribution < 1.29 is 13.9 Å². The second-order valence-electron chi connectivity index (χ2n) is 8.87. The lowest BCUT2D eigenvalue weighted by molar-refractivity contribution is -0.113. The zero-order valence-corrected chi connectivity index (χ0v) is 26.3. The number of para-hydroxylation sites is 1. The number of rotatable bonds is 7. The first-order valence-corrected chi connectivity index (χ1v) is 15.1. The maximum Gasteiger partial charge on any atom is 0.271 e. The molecule has 10 heteroatoms. The van der Waals surface area contributed by atoms with Crippen molar-refractivity contribution in [3.63, 3.8) is 0 Å². The topological polar surface area (TPSA) is 72.7 Å². The Morgan fingerprint density at radius 1 is 1.15 bits per heavy atom. The molecule has 1 N–H and O–H groups in total. The van der Waals surface area contributed by atoms with Crippen molar-refractivity contribution in [1.29, 1.82) is 0 Å². The molecule has 1 aromatic heterocycles. The molecule has 1 amide bonds. The van der Waals surface area contributed by atoms with Crippen molar-refractivity contribution in [1.82, 2.24) is 4.57 Å². The Kier molecular flexibility index (Phi) is 8.66. The molecule has 3 aromatic carbocycles. The summed E-state index contributed by atoms with van der Waals surface area (Å²) in [5.41, 5.74) is 2.58. The molecule has 40 heavy (non-hydrogen) atoms. The van der Waals surface area contributed by atoms with Crippen LogP contribution < -0.4 is 24.9 Å². The van der Waals surface area contributed by atoms with Gasteiger partial charge in [-0.05, 0) is 106 Å². The highest BCUT2D eigenvalue weighted by atomic mass is 127. The second-order valence-corrected chi connectivity index (χ2v) is 12.2. The Hall–Kier alpha value is -3.10. The van der Waals surface area contributed by atoms with E-state index in [0.29, 0.717) is 38.5 Å². The van der Waals surface area contributed by atoms with E-state index in [1.807, 2.05) is 36.4 Å². The van der Waals surface area contributed by atoms with Gasteiger partial charge in [-0.1, -0.05) is 54.3 Å². The smallest absolute Gasteiger partial charge is 0.271 e. The van der Waals surface area contributed by atoms with Crippen LogP contribution in [-0.2, 0) is 4.79 Å². The summed E-state index contributed by atoms with van der Waals surface area (Å²) in [7, 11) is 0. The Bertz CT molecular complexity index is 1810. The Balaban J connectivity index is 1.63. The Morgan fingerprint density at radius 3 is 2.48 bits per heavy atom. The SMILES string of the molecule is C=CCOc1c(I)cc(/C=c2\sc3n(c2=O)C(c2ccc(F)cc2)C(C(=O)Nc2ccccc2)=C(C)N=3)cc1I. The van der Waals surface area contributed by atoms with E-state index in [1.165, 1.54) is 28.0 Å². The predicted molar refractivity (Wildman–Crippen MR) is 173 cm³/mol. The third-order valence-electron chi connectivity index (χ3n) is 6.15. The number of thiazole rings is 1. The maximum atomic E-state index is 13.9. The molecule has 1 aliphatic rings. The molecule has 0 spiro atoms. The van der Waals surface area contributed by atoms with Crippen LogP contribution in [0.3, 0.4) is 0 Å². The number of halogens is 3. The summed E-state index contributed by atoms with van der Waals surface area (Å²) in [5.74, 6) is -0.0205. The van der Waals surface area contributed by atoms with Crippen LogP contribution in [0.4, 0.5) is 10.1 Å². The van der Waals surface area contributed by atoms with E-state index < -0.39 is 11.9 Å². The predicted octanol–water partition coefficient (Wildman–Crippen LogP) is 5.79. The first-order valence-electron chi connectivity index (χ1n) is 12.1. The van der Waals surface area contributed by atoms with Crippen LogP contribution in [0.5, 0.6) is 5.75 Å². The van der Waals surface area contributed by atoms with Gasteiger partial charge in [0.1, 0.15) is 18.2 Å². The van der Waals surface area contributed by atoms with Gasteiger partial charge in [-0.25, -0.2) is 9.38 Å². The highest BCUT2D eigenvalue weighted by Gasteiger charge is 2.32. The zero-order valence-electron chi connectivity index (χ0n) is 21.2. The average Bonchev–Trinajstić information content (AvgIpc) is 3.22. The summed E-state index contributed by atoms with van der Waals surface area (Å²) < 4.78 is 23.4. The van der Waals surface area contributed by atoms with Gasteiger partial charge in [0.15, 0.2) is 4.80 Å². The molecule has 2 heterocycles. The van der Waals surface area contributed by atoms with E-state index in [0.717, 1.165) is 18.5 Å². The van der Waals surface area contributed by atoms with Crippen molar-refractivity contribution >= 4 is 74.2 Å². The molecule has 202 valence electrons. The van der Waals surface area contributed by atoms with Crippen LogP contribution in [-0.4, -0.2) is 17.1 Å². The molecule has 0 saturated heterocycles. The number of carbonyl (C=O) groups is 1. The highest BCUT2D eigenvalue weighted by Crippen LogP contribution is 2.31. The van der Waals surface area contributed by atoms with Gasteiger partial charge in [0.25, 0.3) is 11.5 Å². The van der Waals surface area contributed by atoms with E-state index in [-0.39, 0.29) is 11.5 Å². The summed E-state index contributed by atoms with van der Waals surface area (Å²) in [5, 5.41) is 2.91. The third-order valence-corrected chi connectivity index (χ3v) is 8.73. The highest BCUT2D eigenvalue weighted by molar-refractivity contribution is 14.1. The van der Waals surface area contributed by atoms with Crippen LogP contribution in [0.25, 0.3) is 6.08 Å². The molecule has 0 fully saturated rings. The van der Waals surface area contributed by atoms with Gasteiger partial charge in [0, 0.05) is 5.69 Å². The standard InChI is InChI=1S/C30H22FI2N3O3S/c1-3-13-39-27-22(32)14-18(15-23(27)33)16-24-29(38)36-26(19-9-11-20(31)12-10-19)25(17(2)34-30(36)40-24)28(37)35-21-7-5-4-6-8-21/h3-12,14-16,26H,1,13H2,2H3,(H,35,37)/b24-16-. The molecule has 1 unspecified atom stereocenters. The van der Waals surface area contributed by atoms with Gasteiger partial charge in [-0.2, -0.15) is 0 Å². The van der Waals surface area contributed by atoms with Gasteiger partial charge in [-0.3, -0.25) is 14.2 Å². The number of hydrogen-bond acceptors (Lipinski definition) is 5. The van der Waals surface area contributed by atoms with Crippen LogP contribution >= 0.6 is 56.5 Å². The number of carbonyl (C=O) groups excluding carboxylic acids is 1. The average molecular weight is 777 g/mol. The molecule has 1 aliphatic heterocycles. The molecule has 0 saturated carbocycles. The molecule has 5 rings (SSSR count). The monoisotopic (exact) mass is 777 g/mol. The number of hydrogen-bond donors (Lipinski definition) is 1. The molecule has 1 atom stereocenters. The number of aromatic nitrogens is 1. The van der Waals surface area contributed by atoms with Crippen molar-refractivity contribution in [2.75, 3.05) is 11.9 Å². The van der Waals surface area contributed by atoms with Crippen molar-refractivity contribution in [3.8, 4) is 5.75 Å². The summed E-state index contributed by atoms with van der Waals surface area (Å²) in [6.45, 7) is 5.84. The van der Waals surface area contributed by atoms with Gasteiger partial charge < -0.3 is 10.1 Å². The minimum Gasteiger partial charge on any atom is -0.487 e. The van der Waals surface area contributed by atoms with E-state index in [4.69, 9.17) is 4.74 Å². The Labute approximate surface area is 260 Å². The molecular weight excluding hydrogens is 755 g/mol. The zero-order chi connectivity index (χ0) is 28.4. The second kappa shape index (κ2) is 12.2. The molecule has 6 nitrogen and oxygen atoms in total. The summed E-state index contributed by atoms with van der Waals surface area (Å²) in [6.07, 6.45) is 3.50. The van der Waals surface area contributed by atoms with Gasteiger partial charge >= 0.3 is 0 Å². The van der Waals surface area contributed by atoms with Crippen LogP contribution in [0.1, 0.15) is 24.1 Å². The first kappa shape index (κ1) is 28.4. The van der Waals surface area contributed by atoms with E-state index >= 15 is 0 Å². The fourth-order valence-electron chi connectivity index (χ4n) is 4.39. The minimum absolute atomic E-state index is 0.285. The number of anilines is 1. The lowest BCUT2D eigenvalue weighted by atomic mass is 9.95. The number of nitrogens with zero attached hydrogens (tertiary/aromatic N) is 2. The fourth-order valence-corrected chi connectivity index (χ4v) is 7.56. The number of amides is 1. The summed E-state index contributed by atoms with van der Waals surface area (Å²) in [4.78, 5) is 32.6. The number of nitrogens with one attached hydrogen (secondary N) is 1. The number of allylic oxidation sites excluding steroid dienone is 1. The molecule has 0 radical (unpaired) electrons. The molecule has 4 aromatic rings. The largest absolute Gasteiger partial charge is 0.487 e. The Morgan fingerprint density at radius 2 is 1.82 bits per heavy atom. The van der Waals surface area contributed by atoms with Crippen molar-refractivity contribution in [3.05, 3.63) is 134 Å². The first-order chi connectivity index (χ1) is 19.3. The normalized spacial score (nSPS) is 14.9. The molecular formula is C30H22FI2N3O3S.